The van der Waals surface area contributed by atoms with Crippen LogP contribution in [0.2, 0.25) is 0 Å². The Kier molecular flexibility index (Phi) is 4.23. The number of anilines is 1. The summed E-state index contributed by atoms with van der Waals surface area (Å²) in [7, 11) is 1.51. The Hall–Kier alpha value is -2.35. The maximum Gasteiger partial charge on any atom is 0.412 e. The van der Waals surface area contributed by atoms with Gasteiger partial charge in [-0.2, -0.15) is 0 Å². The van der Waals surface area contributed by atoms with Gasteiger partial charge in [0, 0.05) is 6.20 Å². The number of methoxy groups -OCH3 is 1. The highest BCUT2D eigenvalue weighted by Crippen LogP contribution is 2.39. The molecule has 0 saturated heterocycles. The number of thiophene rings is 1. The van der Waals surface area contributed by atoms with E-state index in [1.165, 1.54) is 13.3 Å². The molecule has 0 atom stereocenters. The highest BCUT2D eigenvalue weighted by Gasteiger charge is 2.24. The number of aromatic nitrogens is 1. The Morgan fingerprint density at radius 1 is 1.36 bits per heavy atom. The molecule has 0 spiro atoms. The molecule has 2 heterocycles. The van der Waals surface area contributed by atoms with E-state index >= 15 is 0 Å². The van der Waals surface area contributed by atoms with Crippen LogP contribution in [-0.4, -0.2) is 29.7 Å². The number of nitrogens with zero attached hydrogens (tertiary/aromatic N) is 1. The van der Waals surface area contributed by atoms with E-state index in [4.69, 9.17) is 15.2 Å². The maximum atomic E-state index is 11.9. The van der Waals surface area contributed by atoms with Crippen molar-refractivity contribution in [3.8, 4) is 5.75 Å². The number of amides is 2. The number of hydrogen-bond donors (Lipinski definition) is 2. The molecule has 0 aliphatic heterocycles. The van der Waals surface area contributed by atoms with Crippen LogP contribution in [0.15, 0.2) is 12.3 Å². The predicted molar refractivity (Wildman–Crippen MR) is 84.5 cm³/mol. The molecule has 0 fully saturated rings. The smallest absolute Gasteiger partial charge is 0.412 e. The van der Waals surface area contributed by atoms with Crippen LogP contribution in [0.25, 0.3) is 10.2 Å². The summed E-state index contributed by atoms with van der Waals surface area (Å²) in [6.45, 7) is 5.24. The van der Waals surface area contributed by atoms with Gasteiger partial charge in [-0.1, -0.05) is 0 Å². The van der Waals surface area contributed by atoms with E-state index in [0.29, 0.717) is 16.0 Å². The lowest BCUT2D eigenvalue weighted by molar-refractivity contribution is 0.0636. The van der Waals surface area contributed by atoms with Crippen molar-refractivity contribution in [3.05, 3.63) is 17.8 Å². The minimum Gasteiger partial charge on any atom is -0.495 e. The van der Waals surface area contributed by atoms with E-state index in [1.807, 2.05) is 0 Å². The second-order valence-electron chi connectivity index (χ2n) is 5.49. The molecule has 2 amide bonds. The molecule has 2 aromatic heterocycles. The number of primary amides is 1. The minimum absolute atomic E-state index is 0.143. The number of hydrogen-bond acceptors (Lipinski definition) is 6. The molecule has 0 aliphatic rings. The van der Waals surface area contributed by atoms with E-state index in [0.717, 1.165) is 11.3 Å². The van der Waals surface area contributed by atoms with Gasteiger partial charge in [0.15, 0.2) is 0 Å². The number of nitrogens with two attached hydrogens (primary N) is 1. The third kappa shape index (κ3) is 3.28. The molecule has 118 valence electrons. The summed E-state index contributed by atoms with van der Waals surface area (Å²) >= 11 is 1.16. The lowest BCUT2D eigenvalue weighted by Crippen LogP contribution is -2.27. The molecule has 0 saturated carbocycles. The minimum atomic E-state index is -0.682. The molecule has 0 aromatic carbocycles. The second kappa shape index (κ2) is 5.80. The molecule has 22 heavy (non-hydrogen) atoms. The van der Waals surface area contributed by atoms with E-state index < -0.39 is 17.6 Å². The molecule has 0 radical (unpaired) electrons. The zero-order chi connectivity index (χ0) is 16.5. The van der Waals surface area contributed by atoms with E-state index in [-0.39, 0.29) is 10.6 Å². The molecule has 7 nitrogen and oxygen atoms in total. The predicted octanol–water partition coefficient (Wildman–Crippen LogP) is 2.75. The standard InChI is InChI=1S/C14H17N3O4S/c1-14(2,3)21-13(19)17-12-8(11(15)18)9-10(22-12)7(20-4)5-6-16-9/h5-6H,1-4H3,(H2,15,18)(H,17,19). The molecular formula is C14H17N3O4S. The van der Waals surface area contributed by atoms with E-state index in [2.05, 4.69) is 10.3 Å². The summed E-state index contributed by atoms with van der Waals surface area (Å²) in [4.78, 5) is 27.8. The van der Waals surface area contributed by atoms with Gasteiger partial charge in [0.25, 0.3) is 5.91 Å². The van der Waals surface area contributed by atoms with Crippen LogP contribution in [0.5, 0.6) is 5.75 Å². The average molecular weight is 323 g/mol. The van der Waals surface area contributed by atoms with Gasteiger partial charge in [0.05, 0.1) is 17.3 Å². The third-order valence-corrected chi connectivity index (χ3v) is 3.73. The molecule has 0 aliphatic carbocycles. The fourth-order valence-corrected chi connectivity index (χ4v) is 2.98. The van der Waals surface area contributed by atoms with Gasteiger partial charge >= 0.3 is 6.09 Å². The number of ether oxygens (including phenoxy) is 2. The van der Waals surface area contributed by atoms with Gasteiger partial charge in [-0.15, -0.1) is 11.3 Å². The van der Waals surface area contributed by atoms with Crippen LogP contribution in [-0.2, 0) is 4.74 Å². The zero-order valence-electron chi connectivity index (χ0n) is 12.7. The lowest BCUT2D eigenvalue weighted by Gasteiger charge is -2.19. The molecule has 2 aromatic rings. The molecule has 8 heteroatoms. The van der Waals surface area contributed by atoms with Crippen molar-refractivity contribution in [1.29, 1.82) is 0 Å². The van der Waals surface area contributed by atoms with E-state index in [9.17, 15) is 9.59 Å². The maximum absolute atomic E-state index is 11.9. The summed E-state index contributed by atoms with van der Waals surface area (Å²) in [5, 5.41) is 2.84. The summed E-state index contributed by atoms with van der Waals surface area (Å²) in [5.74, 6) is -0.132. The van der Waals surface area contributed by atoms with Crippen molar-refractivity contribution < 1.29 is 19.1 Å². The van der Waals surface area contributed by atoms with Gasteiger partial charge in [0.2, 0.25) is 0 Å². The highest BCUT2D eigenvalue weighted by molar-refractivity contribution is 7.23. The van der Waals surface area contributed by atoms with Crippen LogP contribution in [0.4, 0.5) is 9.80 Å². The fourth-order valence-electron chi connectivity index (χ4n) is 1.84. The monoisotopic (exact) mass is 323 g/mol. The summed E-state index contributed by atoms with van der Waals surface area (Å²) in [6.07, 6.45) is 0.845. The van der Waals surface area contributed by atoms with Gasteiger partial charge < -0.3 is 15.2 Å². The van der Waals surface area contributed by atoms with Crippen molar-refractivity contribution >= 4 is 38.6 Å². The molecule has 2 rings (SSSR count). The molecule has 0 bridgehead atoms. The normalized spacial score (nSPS) is 11.3. The van der Waals surface area contributed by atoms with Crippen molar-refractivity contribution in [2.75, 3.05) is 12.4 Å². The Labute approximate surface area is 131 Å². The van der Waals surface area contributed by atoms with Crippen molar-refractivity contribution in [1.82, 2.24) is 4.98 Å². The first-order valence-corrected chi connectivity index (χ1v) is 7.30. The van der Waals surface area contributed by atoms with E-state index in [1.54, 1.807) is 26.8 Å². The zero-order valence-corrected chi connectivity index (χ0v) is 13.5. The van der Waals surface area contributed by atoms with Gasteiger partial charge in [0.1, 0.15) is 21.9 Å². The van der Waals surface area contributed by atoms with Crippen molar-refractivity contribution in [2.24, 2.45) is 5.73 Å². The Morgan fingerprint density at radius 2 is 2.05 bits per heavy atom. The number of pyridine rings is 1. The lowest BCUT2D eigenvalue weighted by atomic mass is 10.2. The number of carbonyl (C=O) groups excluding carboxylic acids is 2. The number of carbonyl (C=O) groups is 2. The van der Waals surface area contributed by atoms with Gasteiger partial charge in [-0.3, -0.25) is 15.1 Å². The van der Waals surface area contributed by atoms with Gasteiger partial charge in [-0.05, 0) is 26.8 Å². The van der Waals surface area contributed by atoms with Crippen LogP contribution >= 0.6 is 11.3 Å². The second-order valence-corrected chi connectivity index (χ2v) is 6.51. The molecule has 3 N–H and O–H groups in total. The van der Waals surface area contributed by atoms with Crippen molar-refractivity contribution in [2.45, 2.75) is 26.4 Å². The largest absolute Gasteiger partial charge is 0.495 e. The highest BCUT2D eigenvalue weighted by atomic mass is 32.1. The molecular weight excluding hydrogens is 306 g/mol. The van der Waals surface area contributed by atoms with Crippen molar-refractivity contribution in [3.63, 3.8) is 0 Å². The number of rotatable bonds is 3. The summed E-state index contributed by atoms with van der Waals surface area (Å²) in [5.41, 5.74) is 5.30. The van der Waals surface area contributed by atoms with Crippen LogP contribution < -0.4 is 15.8 Å². The Morgan fingerprint density at radius 3 is 2.59 bits per heavy atom. The molecule has 0 unspecified atom stereocenters. The first-order chi connectivity index (χ1) is 10.2. The summed E-state index contributed by atoms with van der Waals surface area (Å²) in [6, 6.07) is 1.67. The number of nitrogens with one attached hydrogen (secondary N) is 1. The SMILES string of the molecule is COc1ccnc2c(C(N)=O)c(NC(=O)OC(C)(C)C)sc12. The first-order valence-electron chi connectivity index (χ1n) is 6.48. The first kappa shape index (κ1) is 16.0. The fraction of sp³-hybridized carbons (Fsp3) is 0.357. The third-order valence-electron chi connectivity index (χ3n) is 2.62. The topological polar surface area (TPSA) is 104 Å². The van der Waals surface area contributed by atoms with Crippen LogP contribution in [0.1, 0.15) is 31.1 Å². The van der Waals surface area contributed by atoms with Gasteiger partial charge in [-0.25, -0.2) is 4.79 Å². The quantitative estimate of drug-likeness (QED) is 0.904. The van der Waals surface area contributed by atoms with Crippen LogP contribution in [0, 0.1) is 0 Å². The number of fused-ring (bicyclic) bond motifs is 1. The summed E-state index contributed by atoms with van der Waals surface area (Å²) < 4.78 is 11.0. The van der Waals surface area contributed by atoms with Crippen LogP contribution in [0.3, 0.4) is 0 Å². The average Bonchev–Trinajstić information content (AvgIpc) is 2.73. The Bertz CT molecular complexity index is 733. The Balaban J connectivity index is 2.47.